The van der Waals surface area contributed by atoms with E-state index in [1.165, 1.54) is 0 Å². The normalized spacial score (nSPS) is 15.0. The number of amides is 1. The Morgan fingerprint density at radius 3 is 2.63 bits per heavy atom. The van der Waals surface area contributed by atoms with Gasteiger partial charge in [-0.2, -0.15) is 0 Å². The average Bonchev–Trinajstić information content (AvgIpc) is 2.92. The van der Waals surface area contributed by atoms with E-state index in [0.29, 0.717) is 11.6 Å². The summed E-state index contributed by atoms with van der Waals surface area (Å²) in [6, 6.07) is 0. The predicted octanol–water partition coefficient (Wildman–Crippen LogP) is 2.17. The molecular weight excluding hydrogens is 240 g/mol. The van der Waals surface area contributed by atoms with Crippen molar-refractivity contribution in [3.8, 4) is 0 Å². The first kappa shape index (κ1) is 13.8. The van der Waals surface area contributed by atoms with Crippen LogP contribution in [0.5, 0.6) is 0 Å². The highest BCUT2D eigenvalue weighted by atomic mass is 16.2. The zero-order valence-electron chi connectivity index (χ0n) is 11.7. The Bertz CT molecular complexity index is 410. The van der Waals surface area contributed by atoms with Gasteiger partial charge in [0, 0.05) is 19.6 Å². The molecule has 0 spiro atoms. The molecule has 1 aliphatic heterocycles. The fourth-order valence-corrected chi connectivity index (χ4v) is 2.10. The molecule has 1 aromatic heterocycles. The van der Waals surface area contributed by atoms with Crippen molar-refractivity contribution in [2.45, 2.75) is 33.1 Å². The third-order valence-corrected chi connectivity index (χ3v) is 3.29. The van der Waals surface area contributed by atoms with Crippen LogP contribution in [0.25, 0.3) is 0 Å². The molecule has 0 radical (unpaired) electrons. The first-order chi connectivity index (χ1) is 9.16. The van der Waals surface area contributed by atoms with Crippen molar-refractivity contribution < 1.29 is 4.79 Å². The number of hydrogen-bond acceptors (Lipinski definition) is 4. The van der Waals surface area contributed by atoms with Gasteiger partial charge in [-0.15, -0.1) is 0 Å². The van der Waals surface area contributed by atoms with Crippen LogP contribution >= 0.6 is 0 Å². The van der Waals surface area contributed by atoms with Crippen molar-refractivity contribution in [1.82, 2.24) is 14.9 Å². The van der Waals surface area contributed by atoms with Gasteiger partial charge in [-0.25, -0.2) is 9.97 Å². The van der Waals surface area contributed by atoms with Gasteiger partial charge in [-0.05, 0) is 25.2 Å². The Labute approximate surface area is 114 Å². The smallest absolute Gasteiger partial charge is 0.274 e. The molecule has 1 aromatic rings. The van der Waals surface area contributed by atoms with Gasteiger partial charge in [0.15, 0.2) is 0 Å². The van der Waals surface area contributed by atoms with Crippen LogP contribution in [0.2, 0.25) is 0 Å². The molecule has 2 rings (SSSR count). The summed E-state index contributed by atoms with van der Waals surface area (Å²) in [6.07, 6.45) is 6.49. The molecule has 0 atom stereocenters. The van der Waals surface area contributed by atoms with E-state index in [2.05, 4.69) is 29.1 Å². The maximum Gasteiger partial charge on any atom is 0.274 e. The van der Waals surface area contributed by atoms with Crippen molar-refractivity contribution in [3.63, 3.8) is 0 Å². The lowest BCUT2D eigenvalue weighted by molar-refractivity contribution is 0.0786. The molecule has 1 saturated heterocycles. The molecular formula is C14H22N4O. The molecule has 0 saturated carbocycles. The molecule has 2 heterocycles. The van der Waals surface area contributed by atoms with Crippen molar-refractivity contribution in [2.75, 3.05) is 25.0 Å². The molecule has 0 unspecified atom stereocenters. The summed E-state index contributed by atoms with van der Waals surface area (Å²) >= 11 is 0. The van der Waals surface area contributed by atoms with Crippen LogP contribution in [-0.2, 0) is 0 Å². The quantitative estimate of drug-likeness (QED) is 0.883. The Kier molecular flexibility index (Phi) is 4.71. The highest BCUT2D eigenvalue weighted by Gasteiger charge is 2.20. The topological polar surface area (TPSA) is 58.1 Å². The van der Waals surface area contributed by atoms with Gasteiger partial charge >= 0.3 is 0 Å². The number of nitrogens with one attached hydrogen (secondary N) is 1. The number of rotatable bonds is 5. The Hall–Kier alpha value is -1.65. The molecule has 104 valence electrons. The van der Waals surface area contributed by atoms with Gasteiger partial charge in [0.2, 0.25) is 0 Å². The fraction of sp³-hybridized carbons (Fsp3) is 0.643. The first-order valence-electron chi connectivity index (χ1n) is 7.02. The first-order valence-corrected chi connectivity index (χ1v) is 7.02. The summed E-state index contributed by atoms with van der Waals surface area (Å²) in [5.74, 6) is 1.40. The number of nitrogens with zero attached hydrogens (tertiary/aromatic N) is 3. The Morgan fingerprint density at radius 1 is 1.32 bits per heavy atom. The summed E-state index contributed by atoms with van der Waals surface area (Å²) in [7, 11) is 0. The van der Waals surface area contributed by atoms with Gasteiger partial charge in [-0.3, -0.25) is 4.79 Å². The lowest BCUT2D eigenvalue weighted by atomic mass is 10.1. The van der Waals surface area contributed by atoms with Gasteiger partial charge in [0.05, 0.1) is 12.4 Å². The second kappa shape index (κ2) is 6.50. The average molecular weight is 262 g/mol. The zero-order chi connectivity index (χ0) is 13.7. The number of hydrogen-bond donors (Lipinski definition) is 1. The minimum absolute atomic E-state index is 0.00118. The largest absolute Gasteiger partial charge is 0.369 e. The fourth-order valence-electron chi connectivity index (χ4n) is 2.10. The third kappa shape index (κ3) is 3.91. The lowest BCUT2D eigenvalue weighted by Gasteiger charge is -2.14. The summed E-state index contributed by atoms with van der Waals surface area (Å²) in [4.78, 5) is 22.4. The molecule has 0 aliphatic carbocycles. The Morgan fingerprint density at radius 2 is 2.05 bits per heavy atom. The molecule has 5 heteroatoms. The zero-order valence-corrected chi connectivity index (χ0v) is 11.7. The second-order valence-electron chi connectivity index (χ2n) is 5.40. The van der Waals surface area contributed by atoms with E-state index in [9.17, 15) is 4.79 Å². The van der Waals surface area contributed by atoms with E-state index in [1.807, 2.05) is 4.90 Å². The summed E-state index contributed by atoms with van der Waals surface area (Å²) in [5, 5.41) is 3.21. The molecule has 0 bridgehead atoms. The van der Waals surface area contributed by atoms with E-state index < -0.39 is 0 Å². The number of anilines is 1. The van der Waals surface area contributed by atoms with Crippen LogP contribution in [0.1, 0.15) is 43.6 Å². The maximum atomic E-state index is 12.1. The minimum Gasteiger partial charge on any atom is -0.369 e. The van der Waals surface area contributed by atoms with Crippen molar-refractivity contribution >= 4 is 11.7 Å². The minimum atomic E-state index is -0.00118. The van der Waals surface area contributed by atoms with Crippen molar-refractivity contribution in [1.29, 1.82) is 0 Å². The molecule has 0 aromatic carbocycles. The van der Waals surface area contributed by atoms with Gasteiger partial charge in [-0.1, -0.05) is 13.8 Å². The maximum absolute atomic E-state index is 12.1. The van der Waals surface area contributed by atoms with Crippen LogP contribution in [0.4, 0.5) is 5.82 Å². The summed E-state index contributed by atoms with van der Waals surface area (Å²) < 4.78 is 0. The molecule has 1 fully saturated rings. The monoisotopic (exact) mass is 262 g/mol. The number of aromatic nitrogens is 2. The summed E-state index contributed by atoms with van der Waals surface area (Å²) in [6.45, 7) is 6.94. The van der Waals surface area contributed by atoms with Crippen LogP contribution in [0.15, 0.2) is 12.4 Å². The van der Waals surface area contributed by atoms with Crippen LogP contribution < -0.4 is 5.32 Å². The van der Waals surface area contributed by atoms with Crippen molar-refractivity contribution in [3.05, 3.63) is 18.1 Å². The highest BCUT2D eigenvalue weighted by molar-refractivity contribution is 5.92. The molecule has 1 aliphatic rings. The van der Waals surface area contributed by atoms with Gasteiger partial charge < -0.3 is 10.2 Å². The predicted molar refractivity (Wildman–Crippen MR) is 75.1 cm³/mol. The van der Waals surface area contributed by atoms with Gasteiger partial charge in [0.25, 0.3) is 5.91 Å². The van der Waals surface area contributed by atoms with E-state index in [1.54, 1.807) is 12.4 Å². The number of likely N-dealkylation sites (tertiary alicyclic amines) is 1. The van der Waals surface area contributed by atoms with E-state index in [4.69, 9.17) is 0 Å². The second-order valence-corrected chi connectivity index (χ2v) is 5.40. The van der Waals surface area contributed by atoms with E-state index >= 15 is 0 Å². The third-order valence-electron chi connectivity index (χ3n) is 3.29. The SMILES string of the molecule is CC(C)CCNc1cnc(C(=O)N2CCCC2)cn1. The van der Waals surface area contributed by atoms with Crippen molar-refractivity contribution in [2.24, 2.45) is 5.92 Å². The van der Waals surface area contributed by atoms with Crippen LogP contribution in [0.3, 0.4) is 0 Å². The summed E-state index contributed by atoms with van der Waals surface area (Å²) in [5.41, 5.74) is 0.441. The highest BCUT2D eigenvalue weighted by Crippen LogP contribution is 2.11. The van der Waals surface area contributed by atoms with E-state index in [-0.39, 0.29) is 5.91 Å². The number of carbonyl (C=O) groups is 1. The molecule has 1 N–H and O–H groups in total. The molecule has 19 heavy (non-hydrogen) atoms. The number of carbonyl (C=O) groups excluding carboxylic acids is 1. The standard InChI is InChI=1S/C14H22N4O/c1-11(2)5-6-15-13-10-16-12(9-17-13)14(19)18-7-3-4-8-18/h9-11H,3-8H2,1-2H3,(H,15,17). The van der Waals surface area contributed by atoms with Crippen LogP contribution in [-0.4, -0.2) is 40.4 Å². The lowest BCUT2D eigenvalue weighted by Crippen LogP contribution is -2.28. The molecule has 5 nitrogen and oxygen atoms in total. The van der Waals surface area contributed by atoms with Crippen LogP contribution in [0, 0.1) is 5.92 Å². The Balaban J connectivity index is 1.88. The van der Waals surface area contributed by atoms with Gasteiger partial charge in [0.1, 0.15) is 11.5 Å². The van der Waals surface area contributed by atoms with E-state index in [0.717, 1.165) is 44.7 Å². The molecule has 1 amide bonds.